The normalized spacial score (nSPS) is 19.3. The summed E-state index contributed by atoms with van der Waals surface area (Å²) in [5.74, 6) is 0.0326. The Kier molecular flexibility index (Phi) is 8.88. The lowest BCUT2D eigenvalue weighted by molar-refractivity contribution is -0.139. The zero-order valence-corrected chi connectivity index (χ0v) is 20.8. The zero-order valence-electron chi connectivity index (χ0n) is 20.8. The van der Waals surface area contributed by atoms with Crippen LogP contribution in [-0.2, 0) is 11.2 Å². The first-order valence-electron chi connectivity index (χ1n) is 12.7. The van der Waals surface area contributed by atoms with Crippen molar-refractivity contribution < 1.29 is 24.1 Å². The van der Waals surface area contributed by atoms with E-state index in [-0.39, 0.29) is 24.1 Å². The number of fused-ring (bicyclic) bond motifs is 1. The third-order valence-electron chi connectivity index (χ3n) is 7.44. The van der Waals surface area contributed by atoms with E-state index in [1.165, 1.54) is 6.07 Å². The predicted molar refractivity (Wildman–Crippen MR) is 137 cm³/mol. The summed E-state index contributed by atoms with van der Waals surface area (Å²) in [5, 5.41) is 21.4. The van der Waals surface area contributed by atoms with Crippen molar-refractivity contribution in [3.8, 4) is 5.75 Å². The maximum atomic E-state index is 13.9. The van der Waals surface area contributed by atoms with Crippen LogP contribution in [0.25, 0.3) is 10.9 Å². The van der Waals surface area contributed by atoms with E-state index in [1.807, 2.05) is 36.4 Å². The van der Waals surface area contributed by atoms with Crippen LogP contribution in [0.1, 0.15) is 49.3 Å². The molecular weight excluding hydrogens is 459 g/mol. The van der Waals surface area contributed by atoms with Gasteiger partial charge in [0.05, 0.1) is 18.7 Å². The fourth-order valence-corrected chi connectivity index (χ4v) is 5.48. The number of hydrogen-bond donors (Lipinski definition) is 2. The molecule has 1 aliphatic rings. The number of methoxy groups -OCH3 is 1. The molecule has 2 aromatic carbocycles. The molecule has 3 atom stereocenters. The summed E-state index contributed by atoms with van der Waals surface area (Å²) in [6, 6.07) is 14.3. The van der Waals surface area contributed by atoms with E-state index in [4.69, 9.17) is 4.74 Å². The molecule has 0 radical (unpaired) electrons. The molecule has 0 aliphatic carbocycles. The van der Waals surface area contributed by atoms with Crippen molar-refractivity contribution >= 4 is 16.9 Å². The van der Waals surface area contributed by atoms with E-state index < -0.39 is 12.1 Å². The number of rotatable bonds is 11. The number of carboxylic acids is 1. The standard InChI is InChI=1S/C29H35FN2O4/c1-36-23-9-10-27-25(18-23)24(12-14-31-27)28(33)11-8-20-13-16-32(19-22(20)17-29(34)35)15-4-6-21-5-2-3-7-26(21)30/h2-3,5,7,9-10,12,14,18,20,22,28,33H,4,6,8,11,13,15-17,19H2,1H3,(H,34,35)/t20-,22+,28+/m1/s1. The molecule has 1 fully saturated rings. The highest BCUT2D eigenvalue weighted by Crippen LogP contribution is 2.35. The first-order valence-corrected chi connectivity index (χ1v) is 12.7. The molecule has 1 aromatic heterocycles. The van der Waals surface area contributed by atoms with Gasteiger partial charge in [-0.1, -0.05) is 18.2 Å². The lowest BCUT2D eigenvalue weighted by Crippen LogP contribution is -2.42. The Labute approximate surface area is 211 Å². The van der Waals surface area contributed by atoms with E-state index in [0.717, 1.165) is 60.9 Å². The molecule has 0 unspecified atom stereocenters. The summed E-state index contributed by atoms with van der Waals surface area (Å²) in [4.78, 5) is 18.3. The molecule has 2 heterocycles. The molecule has 7 heteroatoms. The number of halogens is 1. The number of carbonyl (C=O) groups is 1. The Hall–Kier alpha value is -3.03. The second-order valence-electron chi connectivity index (χ2n) is 9.78. The van der Waals surface area contributed by atoms with E-state index >= 15 is 0 Å². The molecule has 0 bridgehead atoms. The zero-order chi connectivity index (χ0) is 25.5. The molecular formula is C29H35FN2O4. The highest BCUT2D eigenvalue weighted by Gasteiger charge is 2.31. The van der Waals surface area contributed by atoms with Crippen LogP contribution in [-0.4, -0.2) is 52.8 Å². The van der Waals surface area contributed by atoms with Gasteiger partial charge in [-0.3, -0.25) is 9.78 Å². The SMILES string of the molecule is COc1ccc2nccc([C@@H](O)CC[C@@H]3CCN(CCCc4ccccc4F)C[C@@H]3CC(=O)O)c2c1. The summed E-state index contributed by atoms with van der Waals surface area (Å²) in [6.45, 7) is 2.44. The second kappa shape index (κ2) is 12.3. The van der Waals surface area contributed by atoms with Gasteiger partial charge in [-0.05, 0) is 98.5 Å². The predicted octanol–water partition coefficient (Wildman–Crippen LogP) is 5.24. The van der Waals surface area contributed by atoms with Gasteiger partial charge in [0.15, 0.2) is 0 Å². The van der Waals surface area contributed by atoms with Gasteiger partial charge in [0, 0.05) is 24.5 Å². The summed E-state index contributed by atoms with van der Waals surface area (Å²) < 4.78 is 19.2. The third-order valence-corrected chi connectivity index (χ3v) is 7.44. The van der Waals surface area contributed by atoms with Gasteiger partial charge in [0.25, 0.3) is 0 Å². The van der Waals surface area contributed by atoms with Crippen molar-refractivity contribution in [2.24, 2.45) is 11.8 Å². The summed E-state index contributed by atoms with van der Waals surface area (Å²) >= 11 is 0. The number of aryl methyl sites for hydroxylation is 1. The van der Waals surface area contributed by atoms with Gasteiger partial charge in [-0.25, -0.2) is 4.39 Å². The maximum absolute atomic E-state index is 13.9. The smallest absolute Gasteiger partial charge is 0.303 e. The lowest BCUT2D eigenvalue weighted by Gasteiger charge is -2.38. The average Bonchev–Trinajstić information content (AvgIpc) is 2.88. The summed E-state index contributed by atoms with van der Waals surface area (Å²) in [5.41, 5.74) is 2.35. The van der Waals surface area contributed by atoms with Gasteiger partial charge in [0.2, 0.25) is 0 Å². The molecule has 0 spiro atoms. The third kappa shape index (κ3) is 6.59. The Bertz CT molecular complexity index is 1170. The van der Waals surface area contributed by atoms with Crippen LogP contribution in [0.15, 0.2) is 54.7 Å². The fourth-order valence-electron chi connectivity index (χ4n) is 5.48. The molecule has 3 aromatic rings. The Morgan fingerprint density at radius 2 is 2.06 bits per heavy atom. The number of piperidine rings is 1. The minimum atomic E-state index is -0.786. The number of nitrogens with zero attached hydrogens (tertiary/aromatic N) is 2. The molecule has 4 rings (SSSR count). The molecule has 1 aliphatic heterocycles. The number of aliphatic carboxylic acids is 1. The topological polar surface area (TPSA) is 82.9 Å². The number of pyridine rings is 1. The highest BCUT2D eigenvalue weighted by molar-refractivity contribution is 5.83. The molecule has 1 saturated heterocycles. The van der Waals surface area contributed by atoms with Crippen molar-refractivity contribution in [3.63, 3.8) is 0 Å². The minimum absolute atomic E-state index is 0.0335. The molecule has 192 valence electrons. The molecule has 36 heavy (non-hydrogen) atoms. The number of aliphatic hydroxyl groups excluding tert-OH is 1. The molecule has 2 N–H and O–H groups in total. The van der Waals surface area contributed by atoms with Crippen LogP contribution in [0.5, 0.6) is 5.75 Å². The highest BCUT2D eigenvalue weighted by atomic mass is 19.1. The maximum Gasteiger partial charge on any atom is 0.303 e. The van der Waals surface area contributed by atoms with E-state index in [1.54, 1.807) is 19.4 Å². The number of ether oxygens (including phenoxy) is 1. The average molecular weight is 495 g/mol. The number of benzene rings is 2. The minimum Gasteiger partial charge on any atom is -0.497 e. The van der Waals surface area contributed by atoms with E-state index in [9.17, 15) is 19.4 Å². The number of likely N-dealkylation sites (tertiary alicyclic amines) is 1. The van der Waals surface area contributed by atoms with Crippen LogP contribution in [0, 0.1) is 17.7 Å². The second-order valence-corrected chi connectivity index (χ2v) is 9.78. The number of hydrogen-bond acceptors (Lipinski definition) is 5. The lowest BCUT2D eigenvalue weighted by atomic mass is 9.79. The van der Waals surface area contributed by atoms with E-state index in [0.29, 0.717) is 18.6 Å². The Morgan fingerprint density at radius 3 is 2.83 bits per heavy atom. The van der Waals surface area contributed by atoms with Crippen molar-refractivity contribution in [2.75, 3.05) is 26.7 Å². The number of aromatic nitrogens is 1. The monoisotopic (exact) mass is 494 g/mol. The summed E-state index contributed by atoms with van der Waals surface area (Å²) in [6.07, 6.45) is 4.90. The Balaban J connectivity index is 1.35. The molecule has 0 saturated carbocycles. The van der Waals surface area contributed by atoms with Gasteiger partial charge in [-0.2, -0.15) is 0 Å². The van der Waals surface area contributed by atoms with Gasteiger partial charge in [0.1, 0.15) is 11.6 Å². The van der Waals surface area contributed by atoms with Crippen LogP contribution < -0.4 is 4.74 Å². The van der Waals surface area contributed by atoms with Gasteiger partial charge >= 0.3 is 5.97 Å². The first kappa shape index (κ1) is 26.0. The van der Waals surface area contributed by atoms with Gasteiger partial charge in [-0.15, -0.1) is 0 Å². The van der Waals surface area contributed by atoms with Gasteiger partial charge < -0.3 is 19.8 Å². The van der Waals surface area contributed by atoms with Crippen LogP contribution in [0.3, 0.4) is 0 Å². The number of carboxylic acid groups (broad SMARTS) is 1. The Morgan fingerprint density at radius 1 is 1.22 bits per heavy atom. The van der Waals surface area contributed by atoms with Crippen molar-refractivity contribution in [2.45, 2.75) is 44.6 Å². The van der Waals surface area contributed by atoms with Crippen molar-refractivity contribution in [1.82, 2.24) is 9.88 Å². The number of aliphatic hydroxyl groups is 1. The summed E-state index contributed by atoms with van der Waals surface area (Å²) in [7, 11) is 1.61. The van der Waals surface area contributed by atoms with Crippen LogP contribution in [0.2, 0.25) is 0 Å². The van der Waals surface area contributed by atoms with E-state index in [2.05, 4.69) is 9.88 Å². The molecule has 6 nitrogen and oxygen atoms in total. The van der Waals surface area contributed by atoms with Crippen molar-refractivity contribution in [1.29, 1.82) is 0 Å². The molecule has 0 amide bonds. The quantitative estimate of drug-likeness (QED) is 0.379. The van der Waals surface area contributed by atoms with Crippen LogP contribution in [0.4, 0.5) is 4.39 Å². The fraction of sp³-hybridized carbons (Fsp3) is 0.448. The van der Waals surface area contributed by atoms with Crippen molar-refractivity contribution in [3.05, 3.63) is 71.7 Å². The first-order chi connectivity index (χ1) is 17.4. The van der Waals surface area contributed by atoms with Crippen LogP contribution >= 0.6 is 0 Å². The largest absolute Gasteiger partial charge is 0.497 e.